The lowest BCUT2D eigenvalue weighted by atomic mass is 10.2. The number of hydrogen-bond acceptors (Lipinski definition) is 6. The van der Waals surface area contributed by atoms with Crippen molar-refractivity contribution in [1.82, 2.24) is 14.9 Å². The van der Waals surface area contributed by atoms with Crippen LogP contribution in [0.5, 0.6) is 0 Å². The Morgan fingerprint density at radius 3 is 3.05 bits per heavy atom. The van der Waals surface area contributed by atoms with E-state index in [1.807, 2.05) is 7.05 Å². The topological polar surface area (TPSA) is 95.5 Å². The molecule has 0 radical (unpaired) electrons. The summed E-state index contributed by atoms with van der Waals surface area (Å²) in [4.78, 5) is 30.9. The van der Waals surface area contributed by atoms with Gasteiger partial charge >= 0.3 is 11.7 Å². The number of morpholine rings is 1. The normalized spacial score (nSPS) is 20.0. The zero-order chi connectivity index (χ0) is 14.7. The molecule has 7 nitrogen and oxygen atoms in total. The van der Waals surface area contributed by atoms with Crippen molar-refractivity contribution in [2.24, 2.45) is 0 Å². The van der Waals surface area contributed by atoms with E-state index < -0.39 is 11.7 Å². The van der Waals surface area contributed by atoms with E-state index in [4.69, 9.17) is 4.74 Å². The molecule has 0 amide bonds. The Labute approximate surface area is 120 Å². The van der Waals surface area contributed by atoms with Gasteiger partial charge in [-0.15, -0.1) is 11.8 Å². The fraction of sp³-hybridized carbons (Fsp3) is 0.583. The molecule has 0 bridgehead atoms. The molecule has 110 valence electrons. The molecule has 8 heteroatoms. The number of rotatable bonds is 4. The number of aromatic carboxylic acids is 1. The number of aromatic nitrogens is 2. The molecule has 2 heterocycles. The summed E-state index contributed by atoms with van der Waals surface area (Å²) in [7, 11) is 2.01. The number of carboxylic acids is 1. The van der Waals surface area contributed by atoms with Crippen molar-refractivity contribution in [1.29, 1.82) is 0 Å². The summed E-state index contributed by atoms with van der Waals surface area (Å²) in [6.07, 6.45) is 0.0155. The molecule has 20 heavy (non-hydrogen) atoms. The minimum absolute atomic E-state index is 0.0155. The Morgan fingerprint density at radius 1 is 1.65 bits per heavy atom. The van der Waals surface area contributed by atoms with Crippen LogP contribution in [0.2, 0.25) is 0 Å². The van der Waals surface area contributed by atoms with Crippen molar-refractivity contribution in [2.45, 2.75) is 18.1 Å². The predicted octanol–water partition coefficient (Wildman–Crippen LogP) is 0.199. The first-order valence-electron chi connectivity index (χ1n) is 6.24. The van der Waals surface area contributed by atoms with E-state index in [1.54, 1.807) is 6.92 Å². The van der Waals surface area contributed by atoms with Crippen LogP contribution in [0.3, 0.4) is 0 Å². The van der Waals surface area contributed by atoms with Gasteiger partial charge in [-0.1, -0.05) is 0 Å². The molecule has 1 saturated heterocycles. The summed E-state index contributed by atoms with van der Waals surface area (Å²) in [5.74, 6) is -0.518. The number of nitrogens with one attached hydrogen (secondary N) is 1. The van der Waals surface area contributed by atoms with Crippen LogP contribution in [0.4, 0.5) is 0 Å². The molecule has 1 aromatic rings. The van der Waals surface area contributed by atoms with Gasteiger partial charge in [-0.3, -0.25) is 0 Å². The molecular formula is C12H17N3O4S. The minimum atomic E-state index is -1.09. The highest BCUT2D eigenvalue weighted by molar-refractivity contribution is 7.99. The molecule has 1 aromatic heterocycles. The Bertz CT molecular complexity index is 560. The fourth-order valence-corrected chi connectivity index (χ4v) is 3.13. The Balaban J connectivity index is 2.12. The Kier molecular flexibility index (Phi) is 4.79. The van der Waals surface area contributed by atoms with Crippen LogP contribution in [0.25, 0.3) is 0 Å². The van der Waals surface area contributed by atoms with E-state index in [9.17, 15) is 14.7 Å². The van der Waals surface area contributed by atoms with Gasteiger partial charge in [0.1, 0.15) is 10.6 Å². The van der Waals surface area contributed by atoms with E-state index >= 15 is 0 Å². The molecule has 1 fully saturated rings. The molecule has 2 N–H and O–H groups in total. The van der Waals surface area contributed by atoms with Gasteiger partial charge < -0.3 is 19.7 Å². The molecular weight excluding hydrogens is 282 g/mol. The zero-order valence-electron chi connectivity index (χ0n) is 11.4. The molecule has 1 unspecified atom stereocenters. The largest absolute Gasteiger partial charge is 0.478 e. The zero-order valence-corrected chi connectivity index (χ0v) is 12.2. The maximum atomic E-state index is 11.4. The summed E-state index contributed by atoms with van der Waals surface area (Å²) in [5, 5.41) is 9.45. The third kappa shape index (κ3) is 3.59. The van der Waals surface area contributed by atoms with Gasteiger partial charge in [0.05, 0.1) is 12.7 Å². The van der Waals surface area contributed by atoms with Crippen molar-refractivity contribution in [2.75, 3.05) is 32.5 Å². The van der Waals surface area contributed by atoms with Gasteiger partial charge in [0.15, 0.2) is 0 Å². The number of aryl methyl sites for hydroxylation is 1. The van der Waals surface area contributed by atoms with Gasteiger partial charge in [-0.25, -0.2) is 9.59 Å². The molecule has 1 aliphatic rings. The van der Waals surface area contributed by atoms with Crippen LogP contribution < -0.4 is 5.69 Å². The monoisotopic (exact) mass is 299 g/mol. The number of carbonyl (C=O) groups is 1. The molecule has 0 aliphatic carbocycles. The average molecular weight is 299 g/mol. The van der Waals surface area contributed by atoms with Gasteiger partial charge in [-0.2, -0.15) is 4.98 Å². The van der Waals surface area contributed by atoms with Crippen molar-refractivity contribution in [3.8, 4) is 0 Å². The number of H-pyrrole nitrogens is 1. The van der Waals surface area contributed by atoms with Crippen LogP contribution >= 0.6 is 11.8 Å². The molecule has 0 spiro atoms. The summed E-state index contributed by atoms with van der Waals surface area (Å²) < 4.78 is 5.61. The Morgan fingerprint density at radius 2 is 2.40 bits per heavy atom. The second-order valence-corrected chi connectivity index (χ2v) is 5.73. The second kappa shape index (κ2) is 6.38. The predicted molar refractivity (Wildman–Crippen MR) is 74.5 cm³/mol. The lowest BCUT2D eigenvalue weighted by molar-refractivity contribution is -0.00600. The standard InChI is InChI=1S/C12H17N3O4S/c1-7-9(11(16)17)10(14-12(18)13-7)20-6-8-5-15(2)3-4-19-8/h8H,3-6H2,1-2H3,(H,16,17)(H,13,14,18). The number of nitrogens with zero attached hydrogens (tertiary/aromatic N) is 2. The molecule has 0 saturated carbocycles. The highest BCUT2D eigenvalue weighted by atomic mass is 32.2. The summed E-state index contributed by atoms with van der Waals surface area (Å²) in [6.45, 7) is 3.90. The van der Waals surface area contributed by atoms with Crippen molar-refractivity contribution >= 4 is 17.7 Å². The fourth-order valence-electron chi connectivity index (χ4n) is 2.06. The highest BCUT2D eigenvalue weighted by Crippen LogP contribution is 2.23. The van der Waals surface area contributed by atoms with E-state index in [0.717, 1.165) is 13.1 Å². The van der Waals surface area contributed by atoms with E-state index in [-0.39, 0.29) is 16.7 Å². The molecule has 2 rings (SSSR count). The molecule has 1 aliphatic heterocycles. The minimum Gasteiger partial charge on any atom is -0.478 e. The first-order chi connectivity index (χ1) is 9.47. The third-order valence-electron chi connectivity index (χ3n) is 3.05. The van der Waals surface area contributed by atoms with Crippen LogP contribution in [0, 0.1) is 6.92 Å². The first-order valence-corrected chi connectivity index (χ1v) is 7.23. The maximum absolute atomic E-state index is 11.4. The van der Waals surface area contributed by atoms with E-state index in [1.165, 1.54) is 11.8 Å². The maximum Gasteiger partial charge on any atom is 0.346 e. The van der Waals surface area contributed by atoms with Crippen molar-refractivity contribution in [3.63, 3.8) is 0 Å². The molecule has 1 atom stereocenters. The van der Waals surface area contributed by atoms with Gasteiger partial charge in [0, 0.05) is 24.5 Å². The summed E-state index contributed by atoms with van der Waals surface area (Å²) in [6, 6.07) is 0. The van der Waals surface area contributed by atoms with E-state index in [2.05, 4.69) is 14.9 Å². The van der Waals surface area contributed by atoms with Crippen LogP contribution in [-0.4, -0.2) is 64.5 Å². The van der Waals surface area contributed by atoms with Gasteiger partial charge in [0.2, 0.25) is 0 Å². The lowest BCUT2D eigenvalue weighted by Crippen LogP contribution is -2.41. The number of likely N-dealkylation sites (N-methyl/N-ethyl adjacent to an activating group) is 1. The number of aromatic amines is 1. The van der Waals surface area contributed by atoms with Crippen LogP contribution in [0.1, 0.15) is 16.1 Å². The quantitative estimate of drug-likeness (QED) is 0.605. The number of hydrogen-bond donors (Lipinski definition) is 2. The van der Waals surface area contributed by atoms with Crippen LogP contribution in [0.15, 0.2) is 9.82 Å². The summed E-state index contributed by atoms with van der Waals surface area (Å²) in [5.41, 5.74) is -0.155. The number of thioether (sulfide) groups is 1. The Hall–Kier alpha value is -1.38. The van der Waals surface area contributed by atoms with Gasteiger partial charge in [-0.05, 0) is 14.0 Å². The summed E-state index contributed by atoms with van der Waals surface area (Å²) >= 11 is 1.25. The average Bonchev–Trinajstić information content (AvgIpc) is 2.35. The first kappa shape index (κ1) is 15.0. The van der Waals surface area contributed by atoms with Gasteiger partial charge in [0.25, 0.3) is 0 Å². The smallest absolute Gasteiger partial charge is 0.346 e. The highest BCUT2D eigenvalue weighted by Gasteiger charge is 2.21. The SMILES string of the molecule is Cc1[nH]c(=O)nc(SCC2CN(C)CCO2)c1C(=O)O. The number of carboxylic acid groups (broad SMARTS) is 1. The van der Waals surface area contributed by atoms with Crippen molar-refractivity contribution in [3.05, 3.63) is 21.7 Å². The van der Waals surface area contributed by atoms with Crippen LogP contribution in [-0.2, 0) is 4.74 Å². The third-order valence-corrected chi connectivity index (χ3v) is 4.16. The van der Waals surface area contributed by atoms with E-state index in [0.29, 0.717) is 18.1 Å². The van der Waals surface area contributed by atoms with Crippen molar-refractivity contribution < 1.29 is 14.6 Å². The molecule has 0 aromatic carbocycles. The lowest BCUT2D eigenvalue weighted by Gasteiger charge is -2.29. The second-order valence-electron chi connectivity index (χ2n) is 4.72. The number of ether oxygens (including phenoxy) is 1.